The Bertz CT molecular complexity index is 892. The van der Waals surface area contributed by atoms with Gasteiger partial charge in [-0.05, 0) is 24.3 Å². The number of rotatable bonds is 4. The van der Waals surface area contributed by atoms with Crippen molar-refractivity contribution in [1.29, 1.82) is 0 Å². The van der Waals surface area contributed by atoms with E-state index in [9.17, 15) is 27.9 Å². The lowest BCUT2D eigenvalue weighted by atomic mass is 10.1. The normalized spacial score (nSPS) is 22.8. The Balaban J connectivity index is 1.82. The van der Waals surface area contributed by atoms with E-state index in [-0.39, 0.29) is 24.5 Å². The topological polar surface area (TPSA) is 87.9 Å². The molecule has 0 bridgehead atoms. The molecule has 0 saturated carbocycles. The highest BCUT2D eigenvalue weighted by molar-refractivity contribution is 7.49. The Kier molecular flexibility index (Phi) is 4.99. The lowest BCUT2D eigenvalue weighted by Crippen LogP contribution is -2.19. The first-order valence-electron chi connectivity index (χ1n) is 7.29. The van der Waals surface area contributed by atoms with Crippen molar-refractivity contribution < 1.29 is 36.2 Å². The molecule has 0 N–H and O–H groups in total. The molecule has 1 fully saturated rings. The maximum Gasteiger partial charge on any atom is 0.530 e. The van der Waals surface area contributed by atoms with E-state index >= 15 is 0 Å². The minimum Gasteiger partial charge on any atom is -0.404 e. The van der Waals surface area contributed by atoms with Gasteiger partial charge in [0.2, 0.25) is 0 Å². The van der Waals surface area contributed by atoms with E-state index in [1.165, 1.54) is 0 Å². The van der Waals surface area contributed by atoms with Crippen LogP contribution >= 0.6 is 7.82 Å². The Hall–Kier alpha value is -2.42. The van der Waals surface area contributed by atoms with Gasteiger partial charge in [0.1, 0.15) is 17.7 Å². The number of hydrogen-bond acceptors (Lipinski definition) is 6. The van der Waals surface area contributed by atoms with Crippen molar-refractivity contribution in [2.45, 2.75) is 12.5 Å². The van der Waals surface area contributed by atoms with Gasteiger partial charge in [0.25, 0.3) is 5.69 Å². The molecule has 0 radical (unpaired) electrons. The van der Waals surface area contributed by atoms with Crippen LogP contribution in [0.3, 0.4) is 0 Å². The van der Waals surface area contributed by atoms with Crippen LogP contribution in [0.15, 0.2) is 36.4 Å². The summed E-state index contributed by atoms with van der Waals surface area (Å²) in [5.74, 6) is -3.85. The zero-order valence-corrected chi connectivity index (χ0v) is 13.8. The van der Waals surface area contributed by atoms with Gasteiger partial charge in [-0.25, -0.2) is 17.7 Å². The summed E-state index contributed by atoms with van der Waals surface area (Å²) in [5.41, 5.74) is -0.927. The van der Waals surface area contributed by atoms with E-state index in [0.29, 0.717) is 6.07 Å². The van der Waals surface area contributed by atoms with Gasteiger partial charge in [-0.15, -0.1) is 0 Å². The molecule has 0 spiro atoms. The van der Waals surface area contributed by atoms with Crippen molar-refractivity contribution in [3.63, 3.8) is 0 Å². The monoisotopic (exact) mass is 389 g/mol. The van der Waals surface area contributed by atoms with Crippen LogP contribution in [0.5, 0.6) is 5.75 Å². The molecule has 2 aromatic rings. The quantitative estimate of drug-likeness (QED) is 0.327. The van der Waals surface area contributed by atoms with Crippen molar-refractivity contribution in [3.8, 4) is 5.75 Å². The van der Waals surface area contributed by atoms with Gasteiger partial charge in [-0.1, -0.05) is 0 Å². The van der Waals surface area contributed by atoms with Gasteiger partial charge in [0.15, 0.2) is 11.6 Å². The van der Waals surface area contributed by atoms with Crippen LogP contribution in [0.25, 0.3) is 0 Å². The van der Waals surface area contributed by atoms with Gasteiger partial charge < -0.3 is 4.52 Å². The van der Waals surface area contributed by atoms with Crippen LogP contribution in [-0.4, -0.2) is 11.5 Å². The molecule has 2 unspecified atom stereocenters. The first kappa shape index (κ1) is 18.4. The van der Waals surface area contributed by atoms with E-state index in [1.54, 1.807) is 0 Å². The number of benzene rings is 2. The second-order valence-electron chi connectivity index (χ2n) is 5.26. The van der Waals surface area contributed by atoms with Crippen molar-refractivity contribution in [2.75, 3.05) is 6.61 Å². The van der Waals surface area contributed by atoms with Gasteiger partial charge >= 0.3 is 7.82 Å². The molecular weight excluding hydrogens is 378 g/mol. The second kappa shape index (κ2) is 7.06. The second-order valence-corrected chi connectivity index (χ2v) is 6.81. The lowest BCUT2D eigenvalue weighted by molar-refractivity contribution is -0.384. The molecule has 0 aromatic heterocycles. The number of hydrogen-bond donors (Lipinski definition) is 0. The molecule has 1 heterocycles. The summed E-state index contributed by atoms with van der Waals surface area (Å²) < 4.78 is 68.9. The van der Waals surface area contributed by atoms with Gasteiger partial charge in [0.05, 0.1) is 17.1 Å². The van der Waals surface area contributed by atoms with Crippen LogP contribution in [0.2, 0.25) is 0 Å². The molecule has 11 heteroatoms. The average molecular weight is 389 g/mol. The summed E-state index contributed by atoms with van der Waals surface area (Å²) in [6.45, 7) is -0.218. The number of halogens is 3. The van der Waals surface area contributed by atoms with Crippen molar-refractivity contribution in [1.82, 2.24) is 0 Å². The van der Waals surface area contributed by atoms with Crippen molar-refractivity contribution in [3.05, 3.63) is 69.5 Å². The minimum absolute atomic E-state index is 0.0697. The SMILES string of the molecule is O=[N+]([O-])c1ccc(OP2(=O)OCCC(c3c(F)ccc(F)c3F)O2)cc1. The van der Waals surface area contributed by atoms with Crippen molar-refractivity contribution >= 4 is 13.5 Å². The summed E-state index contributed by atoms with van der Waals surface area (Å²) in [4.78, 5) is 9.98. The standard InChI is InChI=1S/C15H11F3NO6P/c16-11-5-6-12(17)15(18)14(11)13-7-8-23-26(22,25-13)24-10-3-1-9(2-4-10)19(20)21/h1-6,13H,7-8H2. The number of non-ortho nitro benzene ring substituents is 1. The van der Waals surface area contributed by atoms with Crippen LogP contribution in [-0.2, 0) is 13.6 Å². The van der Waals surface area contributed by atoms with E-state index in [4.69, 9.17) is 13.6 Å². The highest BCUT2D eigenvalue weighted by atomic mass is 31.2. The Labute approximate surface area is 145 Å². The maximum atomic E-state index is 13.9. The van der Waals surface area contributed by atoms with E-state index in [2.05, 4.69) is 0 Å². The number of phosphoric acid groups is 1. The van der Waals surface area contributed by atoms with Gasteiger partial charge in [-0.2, -0.15) is 0 Å². The third-order valence-electron chi connectivity index (χ3n) is 3.55. The third-order valence-corrected chi connectivity index (χ3v) is 5.00. The lowest BCUT2D eigenvalue weighted by Gasteiger charge is -2.29. The molecular formula is C15H11F3NO6P. The highest BCUT2D eigenvalue weighted by Gasteiger charge is 2.40. The van der Waals surface area contributed by atoms with Crippen LogP contribution < -0.4 is 4.52 Å². The fourth-order valence-electron chi connectivity index (χ4n) is 2.35. The molecule has 1 aliphatic rings. The fraction of sp³-hybridized carbons (Fsp3) is 0.200. The van der Waals surface area contributed by atoms with E-state index in [1.807, 2.05) is 0 Å². The molecule has 26 heavy (non-hydrogen) atoms. The Morgan fingerprint density at radius 2 is 1.77 bits per heavy atom. The molecule has 3 rings (SSSR count). The molecule has 0 aliphatic carbocycles. The summed E-state index contributed by atoms with van der Waals surface area (Å²) in [6, 6.07) is 5.90. The highest BCUT2D eigenvalue weighted by Crippen LogP contribution is 2.57. The number of nitro groups is 1. The zero-order valence-electron chi connectivity index (χ0n) is 12.9. The average Bonchev–Trinajstić information content (AvgIpc) is 2.59. The summed E-state index contributed by atoms with van der Waals surface area (Å²) in [7, 11) is -4.28. The van der Waals surface area contributed by atoms with Crippen LogP contribution in [0.4, 0.5) is 18.9 Å². The molecule has 1 aliphatic heterocycles. The molecule has 0 amide bonds. The Morgan fingerprint density at radius 3 is 2.42 bits per heavy atom. The van der Waals surface area contributed by atoms with Gasteiger partial charge in [-0.3, -0.25) is 19.2 Å². The smallest absolute Gasteiger partial charge is 0.404 e. The Morgan fingerprint density at radius 1 is 1.12 bits per heavy atom. The van der Waals surface area contributed by atoms with Crippen LogP contribution in [0.1, 0.15) is 18.1 Å². The first-order valence-corrected chi connectivity index (χ1v) is 8.75. The summed E-state index contributed by atoms with van der Waals surface area (Å²) in [6.07, 6.45) is -1.46. The molecule has 138 valence electrons. The molecule has 1 saturated heterocycles. The summed E-state index contributed by atoms with van der Waals surface area (Å²) in [5, 5.41) is 10.6. The van der Waals surface area contributed by atoms with Crippen molar-refractivity contribution in [2.24, 2.45) is 0 Å². The van der Waals surface area contributed by atoms with E-state index in [0.717, 1.165) is 30.3 Å². The first-order chi connectivity index (χ1) is 12.3. The largest absolute Gasteiger partial charge is 0.530 e. The number of phosphoric ester groups is 1. The summed E-state index contributed by atoms with van der Waals surface area (Å²) >= 11 is 0. The number of nitro benzene ring substituents is 1. The maximum absolute atomic E-state index is 13.9. The molecule has 7 nitrogen and oxygen atoms in total. The molecule has 2 atom stereocenters. The van der Waals surface area contributed by atoms with Gasteiger partial charge in [0, 0.05) is 18.6 Å². The third kappa shape index (κ3) is 3.72. The number of nitrogens with zero attached hydrogens (tertiary/aromatic N) is 1. The van der Waals surface area contributed by atoms with E-state index < -0.39 is 41.9 Å². The fourth-order valence-corrected chi connectivity index (χ4v) is 3.74. The van der Waals surface area contributed by atoms with Crippen LogP contribution in [0, 0.1) is 27.6 Å². The predicted octanol–water partition coefficient (Wildman–Crippen LogP) is 4.68. The zero-order chi connectivity index (χ0) is 18.9. The molecule has 2 aromatic carbocycles. The predicted molar refractivity (Wildman–Crippen MR) is 82.0 cm³/mol. The minimum atomic E-state index is -4.28.